The highest BCUT2D eigenvalue weighted by Crippen LogP contribution is 2.34. The molecule has 3 aromatic carbocycles. The Morgan fingerprint density at radius 3 is 2.39 bits per heavy atom. The number of ether oxygens (including phenoxy) is 1. The van der Waals surface area contributed by atoms with Gasteiger partial charge in [0.05, 0.1) is 10.6 Å². The topological polar surface area (TPSA) is 41.9 Å². The lowest BCUT2D eigenvalue weighted by Gasteiger charge is -2.12. The summed E-state index contributed by atoms with van der Waals surface area (Å²) in [6.07, 6.45) is 1.88. The molecule has 0 aromatic heterocycles. The van der Waals surface area contributed by atoms with Crippen molar-refractivity contribution in [1.82, 2.24) is 4.90 Å². The van der Waals surface area contributed by atoms with E-state index in [1.165, 1.54) is 35.0 Å². The van der Waals surface area contributed by atoms with Gasteiger partial charge in [0.1, 0.15) is 18.2 Å². The summed E-state index contributed by atoms with van der Waals surface area (Å²) in [5.41, 5.74) is 5.03. The summed E-state index contributed by atoms with van der Waals surface area (Å²) in [4.78, 5) is 20.0. The zero-order valence-corrected chi connectivity index (χ0v) is 19.7. The average Bonchev–Trinajstić information content (AvgIpc) is 3.10. The number of halogens is 1. The largest absolute Gasteiger partial charge is 0.489 e. The SMILES string of the molecule is CCN1C(=O)/C(=C\c2ccc(OCc3ccc(F)cc3)cc2)SC1=Nc1ccc(C)c(C)c1. The van der Waals surface area contributed by atoms with Crippen LogP contribution < -0.4 is 4.74 Å². The molecule has 4 nitrogen and oxygen atoms in total. The number of amides is 1. The fourth-order valence-corrected chi connectivity index (χ4v) is 4.40. The summed E-state index contributed by atoms with van der Waals surface area (Å²) in [7, 11) is 0. The third-order valence-electron chi connectivity index (χ3n) is 5.42. The Labute approximate surface area is 197 Å². The number of thioether (sulfide) groups is 1. The quantitative estimate of drug-likeness (QED) is 0.387. The number of aliphatic imine (C=N–C) groups is 1. The van der Waals surface area contributed by atoms with E-state index in [4.69, 9.17) is 9.73 Å². The summed E-state index contributed by atoms with van der Waals surface area (Å²) in [6.45, 7) is 6.99. The first-order valence-corrected chi connectivity index (χ1v) is 11.6. The number of hydrogen-bond acceptors (Lipinski definition) is 4. The molecule has 1 heterocycles. The number of carbonyl (C=O) groups is 1. The summed E-state index contributed by atoms with van der Waals surface area (Å²) in [5, 5.41) is 0.691. The van der Waals surface area contributed by atoms with Crippen LogP contribution in [0.1, 0.15) is 29.2 Å². The van der Waals surface area contributed by atoms with Gasteiger partial charge in [0.25, 0.3) is 5.91 Å². The monoisotopic (exact) mass is 460 g/mol. The Morgan fingerprint density at radius 2 is 1.73 bits per heavy atom. The van der Waals surface area contributed by atoms with Gasteiger partial charge in [0.15, 0.2) is 5.17 Å². The minimum absolute atomic E-state index is 0.0401. The van der Waals surface area contributed by atoms with Crippen molar-refractivity contribution < 1.29 is 13.9 Å². The molecule has 6 heteroatoms. The van der Waals surface area contributed by atoms with Crippen LogP contribution in [0.15, 0.2) is 76.6 Å². The number of amidine groups is 1. The van der Waals surface area contributed by atoms with E-state index in [0.29, 0.717) is 29.0 Å². The molecule has 168 valence electrons. The lowest BCUT2D eigenvalue weighted by Crippen LogP contribution is -2.28. The van der Waals surface area contributed by atoms with Crippen LogP contribution in [0.4, 0.5) is 10.1 Å². The molecule has 0 spiro atoms. The van der Waals surface area contributed by atoms with Crippen molar-refractivity contribution >= 4 is 34.6 Å². The molecule has 0 aliphatic carbocycles. The normalized spacial score (nSPS) is 16.1. The molecule has 1 aliphatic rings. The van der Waals surface area contributed by atoms with Crippen molar-refractivity contribution in [2.45, 2.75) is 27.4 Å². The van der Waals surface area contributed by atoms with Crippen LogP contribution in [0.5, 0.6) is 5.75 Å². The van der Waals surface area contributed by atoms with Gasteiger partial charge in [-0.1, -0.05) is 30.3 Å². The minimum Gasteiger partial charge on any atom is -0.489 e. The Hall–Kier alpha value is -3.38. The third-order valence-corrected chi connectivity index (χ3v) is 6.42. The first-order valence-electron chi connectivity index (χ1n) is 10.8. The number of likely N-dealkylation sites (N-methyl/N-ethyl adjacent to an activating group) is 1. The average molecular weight is 461 g/mol. The van der Waals surface area contributed by atoms with Crippen LogP contribution in [0.25, 0.3) is 6.08 Å². The first-order chi connectivity index (χ1) is 15.9. The Balaban J connectivity index is 1.47. The molecule has 0 unspecified atom stereocenters. The van der Waals surface area contributed by atoms with Crippen LogP contribution in [-0.2, 0) is 11.4 Å². The molecule has 33 heavy (non-hydrogen) atoms. The maximum absolute atomic E-state index is 13.0. The fourth-order valence-electron chi connectivity index (χ4n) is 3.33. The smallest absolute Gasteiger partial charge is 0.266 e. The minimum atomic E-state index is -0.265. The van der Waals surface area contributed by atoms with Gasteiger partial charge < -0.3 is 4.74 Å². The molecule has 0 saturated carbocycles. The zero-order chi connectivity index (χ0) is 23.4. The zero-order valence-electron chi connectivity index (χ0n) is 18.8. The van der Waals surface area contributed by atoms with E-state index in [9.17, 15) is 9.18 Å². The highest BCUT2D eigenvalue weighted by Gasteiger charge is 2.32. The Morgan fingerprint density at radius 1 is 1.00 bits per heavy atom. The van der Waals surface area contributed by atoms with Crippen LogP contribution >= 0.6 is 11.8 Å². The van der Waals surface area contributed by atoms with Gasteiger partial charge in [0.2, 0.25) is 0 Å². The molecule has 4 rings (SSSR count). The Bertz CT molecular complexity index is 1220. The van der Waals surface area contributed by atoms with E-state index in [-0.39, 0.29) is 11.7 Å². The second kappa shape index (κ2) is 10.0. The van der Waals surface area contributed by atoms with Crippen molar-refractivity contribution in [1.29, 1.82) is 0 Å². The van der Waals surface area contributed by atoms with Crippen molar-refractivity contribution in [3.8, 4) is 5.75 Å². The molecule has 1 fully saturated rings. The van der Waals surface area contributed by atoms with Crippen molar-refractivity contribution in [2.24, 2.45) is 4.99 Å². The van der Waals surface area contributed by atoms with E-state index < -0.39 is 0 Å². The van der Waals surface area contributed by atoms with E-state index in [1.54, 1.807) is 17.0 Å². The van der Waals surface area contributed by atoms with E-state index in [2.05, 4.69) is 13.8 Å². The summed E-state index contributed by atoms with van der Waals surface area (Å²) in [6, 6.07) is 19.8. The maximum atomic E-state index is 13.0. The number of rotatable bonds is 6. The maximum Gasteiger partial charge on any atom is 0.266 e. The summed E-state index contributed by atoms with van der Waals surface area (Å²) < 4.78 is 18.8. The summed E-state index contributed by atoms with van der Waals surface area (Å²) in [5.74, 6) is 0.403. The van der Waals surface area contributed by atoms with Crippen molar-refractivity contribution in [3.63, 3.8) is 0 Å². The van der Waals surface area contributed by atoms with Gasteiger partial charge in [-0.2, -0.15) is 0 Å². The molecule has 1 amide bonds. The standard InChI is InChI=1S/C27H25FN2O2S/c1-4-30-26(31)25(33-27(30)29-23-12-5-18(2)19(3)15-23)16-20-8-13-24(14-9-20)32-17-21-6-10-22(28)11-7-21/h5-16H,4,17H2,1-3H3/b25-16+,29-27?. The van der Waals surface area contributed by atoms with Crippen molar-refractivity contribution in [2.75, 3.05) is 6.54 Å². The highest BCUT2D eigenvalue weighted by atomic mass is 32.2. The van der Waals surface area contributed by atoms with Gasteiger partial charge in [-0.25, -0.2) is 9.38 Å². The molecular formula is C27H25FN2O2S. The van der Waals surface area contributed by atoms with Crippen LogP contribution in [-0.4, -0.2) is 22.5 Å². The lowest BCUT2D eigenvalue weighted by molar-refractivity contribution is -0.122. The van der Waals surface area contributed by atoms with Crippen molar-refractivity contribution in [3.05, 3.63) is 99.7 Å². The Kier molecular flexibility index (Phi) is 6.94. The van der Waals surface area contributed by atoms with Gasteiger partial charge in [0, 0.05) is 6.54 Å². The van der Waals surface area contributed by atoms with Crippen LogP contribution in [0.3, 0.4) is 0 Å². The third kappa shape index (κ3) is 5.52. The number of hydrogen-bond donors (Lipinski definition) is 0. The van der Waals surface area contributed by atoms with Gasteiger partial charge >= 0.3 is 0 Å². The molecular weight excluding hydrogens is 435 g/mol. The number of carbonyl (C=O) groups excluding carboxylic acids is 1. The van der Waals surface area contributed by atoms with Gasteiger partial charge in [-0.05, 0) is 97.3 Å². The van der Waals surface area contributed by atoms with E-state index >= 15 is 0 Å². The van der Waals surface area contributed by atoms with Crippen LogP contribution in [0, 0.1) is 19.7 Å². The molecule has 0 N–H and O–H groups in total. The summed E-state index contributed by atoms with van der Waals surface area (Å²) >= 11 is 1.39. The molecule has 1 aliphatic heterocycles. The van der Waals surface area contributed by atoms with E-state index in [1.807, 2.05) is 55.5 Å². The first kappa shape index (κ1) is 22.8. The number of benzene rings is 3. The fraction of sp³-hybridized carbons (Fsp3) is 0.185. The molecule has 1 saturated heterocycles. The lowest BCUT2D eigenvalue weighted by atomic mass is 10.1. The second-order valence-electron chi connectivity index (χ2n) is 7.81. The second-order valence-corrected chi connectivity index (χ2v) is 8.82. The molecule has 0 radical (unpaired) electrons. The van der Waals surface area contributed by atoms with E-state index in [0.717, 1.165) is 16.8 Å². The number of nitrogens with zero attached hydrogens (tertiary/aromatic N) is 2. The molecule has 0 bridgehead atoms. The van der Waals surface area contributed by atoms with Gasteiger partial charge in [-0.15, -0.1) is 0 Å². The van der Waals surface area contributed by atoms with Crippen LogP contribution in [0.2, 0.25) is 0 Å². The molecule has 3 aromatic rings. The highest BCUT2D eigenvalue weighted by molar-refractivity contribution is 8.18. The van der Waals surface area contributed by atoms with Gasteiger partial charge in [-0.3, -0.25) is 9.69 Å². The predicted molar refractivity (Wildman–Crippen MR) is 133 cm³/mol. The predicted octanol–water partition coefficient (Wildman–Crippen LogP) is 6.65. The number of aryl methyl sites for hydroxylation is 2. The molecule has 0 atom stereocenters.